The predicted octanol–water partition coefficient (Wildman–Crippen LogP) is 3.00. The zero-order valence-electron chi connectivity index (χ0n) is 10.3. The zero-order chi connectivity index (χ0) is 11.9. The number of hydrogen-bond donors (Lipinski definition) is 1. The molecule has 4 rings (SSSR count). The first-order chi connectivity index (χ1) is 8.90. The molecule has 2 aromatic rings. The van der Waals surface area contributed by atoms with E-state index in [1.807, 2.05) is 0 Å². The minimum absolute atomic E-state index is 0.454. The molecule has 2 aliphatic heterocycles. The molecule has 0 aliphatic carbocycles. The van der Waals surface area contributed by atoms with E-state index in [1.54, 1.807) is 0 Å². The third-order valence-corrected chi connectivity index (χ3v) is 4.06. The smallest absolute Gasteiger partial charge is 0.0840 e. The van der Waals surface area contributed by atoms with Crippen LogP contribution in [0, 0.1) is 0 Å². The summed E-state index contributed by atoms with van der Waals surface area (Å²) >= 11 is 0. The molecule has 0 fully saturated rings. The minimum Gasteiger partial charge on any atom is -0.369 e. The Balaban J connectivity index is 1.70. The number of fused-ring (bicyclic) bond motifs is 3. The lowest BCUT2D eigenvalue weighted by Gasteiger charge is -2.41. The predicted molar refractivity (Wildman–Crippen MR) is 73.2 cm³/mol. The van der Waals surface area contributed by atoms with E-state index in [-0.39, 0.29) is 0 Å². The molecule has 90 valence electrons. The molecule has 1 atom stereocenters. The van der Waals surface area contributed by atoms with Gasteiger partial charge in [-0.25, -0.2) is 0 Å². The zero-order valence-corrected chi connectivity index (χ0v) is 10.3. The molecule has 0 bridgehead atoms. The molecular formula is C16H16N2. The molecule has 0 aromatic heterocycles. The summed E-state index contributed by atoms with van der Waals surface area (Å²) < 4.78 is 0. The fraction of sp³-hybridized carbons (Fsp3) is 0.250. The maximum absolute atomic E-state index is 3.67. The van der Waals surface area contributed by atoms with Crippen LogP contribution in [0.2, 0.25) is 0 Å². The van der Waals surface area contributed by atoms with Crippen molar-refractivity contribution in [2.45, 2.75) is 25.7 Å². The van der Waals surface area contributed by atoms with Crippen molar-refractivity contribution in [2.24, 2.45) is 0 Å². The number of anilines is 1. The van der Waals surface area contributed by atoms with E-state index in [0.29, 0.717) is 6.17 Å². The summed E-state index contributed by atoms with van der Waals surface area (Å²) in [5.74, 6) is 0. The van der Waals surface area contributed by atoms with Crippen molar-refractivity contribution in [3.8, 4) is 0 Å². The van der Waals surface area contributed by atoms with Gasteiger partial charge in [-0.3, -0.25) is 4.90 Å². The van der Waals surface area contributed by atoms with Gasteiger partial charge in [0.25, 0.3) is 0 Å². The Labute approximate surface area is 107 Å². The Hall–Kier alpha value is -1.80. The van der Waals surface area contributed by atoms with Crippen LogP contribution in [0.25, 0.3) is 0 Å². The van der Waals surface area contributed by atoms with Gasteiger partial charge in [0, 0.05) is 25.2 Å². The van der Waals surface area contributed by atoms with E-state index >= 15 is 0 Å². The second-order valence-corrected chi connectivity index (χ2v) is 5.20. The summed E-state index contributed by atoms with van der Waals surface area (Å²) in [5.41, 5.74) is 5.69. The third kappa shape index (κ3) is 1.53. The van der Waals surface area contributed by atoms with Crippen molar-refractivity contribution >= 4 is 5.69 Å². The Morgan fingerprint density at radius 3 is 2.39 bits per heavy atom. The summed E-state index contributed by atoms with van der Waals surface area (Å²) in [6, 6.07) is 17.4. The first-order valence-electron chi connectivity index (χ1n) is 6.55. The molecule has 0 spiro atoms. The molecule has 2 heteroatoms. The summed E-state index contributed by atoms with van der Waals surface area (Å²) in [5, 5.41) is 3.67. The first kappa shape index (κ1) is 10.2. The third-order valence-electron chi connectivity index (χ3n) is 4.06. The van der Waals surface area contributed by atoms with Crippen molar-refractivity contribution in [3.05, 3.63) is 65.2 Å². The Morgan fingerprint density at radius 1 is 0.833 bits per heavy atom. The lowest BCUT2D eigenvalue weighted by molar-refractivity contribution is 0.173. The molecule has 2 aliphatic rings. The molecule has 0 radical (unpaired) electrons. The summed E-state index contributed by atoms with van der Waals surface area (Å²) in [7, 11) is 0. The Kier molecular flexibility index (Phi) is 2.17. The summed E-state index contributed by atoms with van der Waals surface area (Å²) in [6.07, 6.45) is 1.56. The number of nitrogens with one attached hydrogen (secondary N) is 1. The maximum atomic E-state index is 3.67. The van der Waals surface area contributed by atoms with E-state index in [1.165, 1.54) is 22.4 Å². The largest absolute Gasteiger partial charge is 0.369 e. The first-order valence-corrected chi connectivity index (χ1v) is 6.55. The fourth-order valence-electron chi connectivity index (χ4n) is 3.08. The molecule has 2 nitrogen and oxygen atoms in total. The lowest BCUT2D eigenvalue weighted by Crippen LogP contribution is -2.47. The van der Waals surface area contributed by atoms with Crippen LogP contribution in [-0.4, -0.2) is 11.1 Å². The number of rotatable bonds is 0. The van der Waals surface area contributed by atoms with Gasteiger partial charge in [0.1, 0.15) is 0 Å². The SMILES string of the molecule is c1ccc2c(c1)CC1Nc3ccccc3CN1C2. The second-order valence-electron chi connectivity index (χ2n) is 5.20. The summed E-state index contributed by atoms with van der Waals surface area (Å²) in [4.78, 5) is 2.53. The van der Waals surface area contributed by atoms with Crippen LogP contribution in [0.5, 0.6) is 0 Å². The molecule has 0 saturated carbocycles. The normalized spacial score (nSPS) is 21.4. The van der Waals surface area contributed by atoms with Gasteiger partial charge in [0.05, 0.1) is 6.17 Å². The topological polar surface area (TPSA) is 15.3 Å². The Bertz CT molecular complexity index is 488. The second kappa shape index (κ2) is 3.85. The van der Waals surface area contributed by atoms with E-state index in [4.69, 9.17) is 0 Å². The van der Waals surface area contributed by atoms with Gasteiger partial charge in [0.15, 0.2) is 0 Å². The Morgan fingerprint density at radius 2 is 1.50 bits per heavy atom. The monoisotopic (exact) mass is 236 g/mol. The van der Waals surface area contributed by atoms with Crippen molar-refractivity contribution in [1.29, 1.82) is 0 Å². The van der Waals surface area contributed by atoms with Crippen LogP contribution in [0.4, 0.5) is 5.69 Å². The van der Waals surface area contributed by atoms with Gasteiger partial charge in [-0.15, -0.1) is 0 Å². The highest BCUT2D eigenvalue weighted by atomic mass is 15.3. The van der Waals surface area contributed by atoms with Gasteiger partial charge < -0.3 is 5.32 Å². The van der Waals surface area contributed by atoms with Crippen molar-refractivity contribution < 1.29 is 0 Å². The molecule has 0 saturated heterocycles. The van der Waals surface area contributed by atoms with Gasteiger partial charge in [-0.05, 0) is 22.8 Å². The standard InChI is InChI=1S/C16H16N2/c1-2-6-13-10-18-11-14-7-3-4-8-15(14)17-16(18)9-12(13)5-1/h1-8,16-17H,9-11H2. The minimum atomic E-state index is 0.454. The quantitative estimate of drug-likeness (QED) is 0.756. The average molecular weight is 236 g/mol. The van der Waals surface area contributed by atoms with Gasteiger partial charge >= 0.3 is 0 Å². The maximum Gasteiger partial charge on any atom is 0.0840 e. The highest BCUT2D eigenvalue weighted by Gasteiger charge is 2.29. The van der Waals surface area contributed by atoms with Crippen LogP contribution in [0.3, 0.4) is 0 Å². The van der Waals surface area contributed by atoms with Crippen LogP contribution < -0.4 is 5.32 Å². The number of nitrogens with zero attached hydrogens (tertiary/aromatic N) is 1. The lowest BCUT2D eigenvalue weighted by atomic mass is 9.95. The highest BCUT2D eigenvalue weighted by molar-refractivity contribution is 5.54. The molecule has 0 amide bonds. The van der Waals surface area contributed by atoms with Crippen molar-refractivity contribution in [1.82, 2.24) is 4.90 Å². The van der Waals surface area contributed by atoms with Gasteiger partial charge in [-0.1, -0.05) is 42.5 Å². The molecule has 1 unspecified atom stereocenters. The van der Waals surface area contributed by atoms with Gasteiger partial charge in [0.2, 0.25) is 0 Å². The molecular weight excluding hydrogens is 220 g/mol. The van der Waals surface area contributed by atoms with Crippen molar-refractivity contribution in [3.63, 3.8) is 0 Å². The van der Waals surface area contributed by atoms with Crippen LogP contribution in [0.1, 0.15) is 16.7 Å². The van der Waals surface area contributed by atoms with Crippen LogP contribution >= 0.6 is 0 Å². The number of hydrogen-bond acceptors (Lipinski definition) is 2. The van der Waals surface area contributed by atoms with E-state index in [9.17, 15) is 0 Å². The van der Waals surface area contributed by atoms with Gasteiger partial charge in [-0.2, -0.15) is 0 Å². The highest BCUT2D eigenvalue weighted by Crippen LogP contribution is 2.31. The summed E-state index contributed by atoms with van der Waals surface area (Å²) in [6.45, 7) is 2.12. The van der Waals surface area contributed by atoms with E-state index in [2.05, 4.69) is 58.7 Å². The van der Waals surface area contributed by atoms with Crippen LogP contribution in [0.15, 0.2) is 48.5 Å². The molecule has 2 aromatic carbocycles. The molecule has 2 heterocycles. The van der Waals surface area contributed by atoms with Crippen LogP contribution in [-0.2, 0) is 19.5 Å². The molecule has 18 heavy (non-hydrogen) atoms. The molecule has 1 N–H and O–H groups in total. The number of benzene rings is 2. The van der Waals surface area contributed by atoms with E-state index < -0.39 is 0 Å². The fourth-order valence-corrected chi connectivity index (χ4v) is 3.08. The van der Waals surface area contributed by atoms with E-state index in [0.717, 1.165) is 19.5 Å². The van der Waals surface area contributed by atoms with Crippen molar-refractivity contribution in [2.75, 3.05) is 5.32 Å². The number of para-hydroxylation sites is 1. The average Bonchev–Trinajstić information content (AvgIpc) is 2.42.